The molecule has 0 saturated carbocycles. The molecular formula is C20H18ClN3O2S. The van der Waals surface area contributed by atoms with Crippen molar-refractivity contribution in [1.82, 2.24) is 10.1 Å². The average molecular weight is 400 g/mol. The van der Waals surface area contributed by atoms with Crippen molar-refractivity contribution in [3.05, 3.63) is 59.4 Å². The predicted molar refractivity (Wildman–Crippen MR) is 107 cm³/mol. The summed E-state index contributed by atoms with van der Waals surface area (Å²) >= 11 is 7.69. The van der Waals surface area contributed by atoms with E-state index in [9.17, 15) is 4.79 Å². The molecule has 1 aliphatic heterocycles. The van der Waals surface area contributed by atoms with Gasteiger partial charge in [-0.2, -0.15) is 4.98 Å². The highest BCUT2D eigenvalue weighted by Gasteiger charge is 2.22. The van der Waals surface area contributed by atoms with Gasteiger partial charge in [-0.05, 0) is 42.8 Å². The number of rotatable bonds is 5. The number of anilines is 1. The van der Waals surface area contributed by atoms with Crippen LogP contribution in [-0.2, 0) is 11.2 Å². The van der Waals surface area contributed by atoms with Crippen LogP contribution in [0, 0.1) is 0 Å². The number of hydrogen-bond donors (Lipinski definition) is 0. The van der Waals surface area contributed by atoms with Crippen molar-refractivity contribution < 1.29 is 9.32 Å². The maximum absolute atomic E-state index is 12.6. The van der Waals surface area contributed by atoms with Crippen LogP contribution < -0.4 is 4.90 Å². The first kappa shape index (κ1) is 18.1. The molecule has 4 rings (SSSR count). The number of carbonyl (C=O) groups is 1. The van der Waals surface area contributed by atoms with Gasteiger partial charge in [0.2, 0.25) is 17.6 Å². The van der Waals surface area contributed by atoms with Gasteiger partial charge in [-0.1, -0.05) is 28.9 Å². The molecule has 2 aromatic carbocycles. The third-order valence-electron chi connectivity index (χ3n) is 4.38. The van der Waals surface area contributed by atoms with Crippen LogP contribution in [0.2, 0.25) is 5.02 Å². The second-order valence-electron chi connectivity index (χ2n) is 6.23. The molecule has 1 aromatic heterocycles. The van der Waals surface area contributed by atoms with Crippen LogP contribution in [0.3, 0.4) is 0 Å². The molecular weight excluding hydrogens is 382 g/mol. The van der Waals surface area contributed by atoms with Crippen molar-refractivity contribution in [1.29, 1.82) is 0 Å². The fourth-order valence-corrected chi connectivity index (χ4v) is 4.15. The number of halogens is 1. The second kappa shape index (κ2) is 8.15. The van der Waals surface area contributed by atoms with Crippen LogP contribution in [-0.4, -0.2) is 28.3 Å². The maximum atomic E-state index is 12.6. The molecule has 1 amide bonds. The summed E-state index contributed by atoms with van der Waals surface area (Å²) in [6.07, 6.45) is 1.71. The van der Waals surface area contributed by atoms with Gasteiger partial charge in [0.15, 0.2) is 0 Å². The lowest BCUT2D eigenvalue weighted by Crippen LogP contribution is -2.35. The Morgan fingerprint density at radius 2 is 2.00 bits per heavy atom. The van der Waals surface area contributed by atoms with Gasteiger partial charge >= 0.3 is 0 Å². The van der Waals surface area contributed by atoms with E-state index in [1.807, 2.05) is 35.2 Å². The van der Waals surface area contributed by atoms with Crippen molar-refractivity contribution in [3.8, 4) is 11.4 Å². The number of fused-ring (bicyclic) bond motifs is 1. The summed E-state index contributed by atoms with van der Waals surface area (Å²) in [5.41, 5.74) is 1.87. The van der Waals surface area contributed by atoms with E-state index in [2.05, 4.69) is 16.2 Å². The smallest absolute Gasteiger partial charge is 0.227 e. The number of carbonyl (C=O) groups excluding carboxylic acids is 1. The number of hydrogen-bond acceptors (Lipinski definition) is 5. The molecule has 7 heteroatoms. The van der Waals surface area contributed by atoms with Crippen LogP contribution >= 0.6 is 23.4 Å². The molecule has 1 aliphatic rings. The minimum absolute atomic E-state index is 0.139. The third-order valence-corrected chi connectivity index (χ3v) is 5.68. The van der Waals surface area contributed by atoms with E-state index in [1.165, 1.54) is 4.90 Å². The molecule has 27 heavy (non-hydrogen) atoms. The summed E-state index contributed by atoms with van der Waals surface area (Å²) in [5.74, 6) is 2.15. The monoisotopic (exact) mass is 399 g/mol. The molecule has 0 N–H and O–H groups in total. The fraction of sp³-hybridized carbons (Fsp3) is 0.250. The largest absolute Gasteiger partial charge is 0.339 e. The highest BCUT2D eigenvalue weighted by molar-refractivity contribution is 7.99. The SMILES string of the molecule is O=C(CCCc1nc(-c2ccc(Cl)cc2)no1)N1CCSc2ccccc21. The molecule has 0 fully saturated rings. The van der Waals surface area contributed by atoms with Crippen LogP contribution in [0.25, 0.3) is 11.4 Å². The Hall–Kier alpha value is -2.31. The molecule has 0 radical (unpaired) electrons. The van der Waals surface area contributed by atoms with Gasteiger partial charge in [-0.25, -0.2) is 0 Å². The Morgan fingerprint density at radius 3 is 2.85 bits per heavy atom. The van der Waals surface area contributed by atoms with Gasteiger partial charge in [0, 0.05) is 40.6 Å². The quantitative estimate of drug-likeness (QED) is 0.613. The molecule has 0 unspecified atom stereocenters. The van der Waals surface area contributed by atoms with Crippen molar-refractivity contribution in [2.45, 2.75) is 24.2 Å². The first-order chi connectivity index (χ1) is 13.2. The Bertz CT molecular complexity index is 942. The lowest BCUT2D eigenvalue weighted by atomic mass is 10.2. The van der Waals surface area contributed by atoms with E-state index in [-0.39, 0.29) is 5.91 Å². The molecule has 0 aliphatic carbocycles. The highest BCUT2D eigenvalue weighted by Crippen LogP contribution is 2.34. The fourth-order valence-electron chi connectivity index (χ4n) is 3.03. The first-order valence-electron chi connectivity index (χ1n) is 8.81. The van der Waals surface area contributed by atoms with E-state index in [0.717, 1.165) is 23.5 Å². The van der Waals surface area contributed by atoms with Crippen LogP contribution in [0.5, 0.6) is 0 Å². The summed E-state index contributed by atoms with van der Waals surface area (Å²) in [7, 11) is 0. The molecule has 2 heterocycles. The molecule has 5 nitrogen and oxygen atoms in total. The number of amides is 1. The van der Waals surface area contributed by atoms with Gasteiger partial charge in [0.05, 0.1) is 5.69 Å². The predicted octanol–water partition coefficient (Wildman–Crippen LogP) is 4.85. The molecule has 0 saturated heterocycles. The van der Waals surface area contributed by atoms with Gasteiger partial charge in [0.25, 0.3) is 0 Å². The summed E-state index contributed by atoms with van der Waals surface area (Å²) in [4.78, 5) is 20.1. The average Bonchev–Trinajstić information content (AvgIpc) is 3.17. The number of nitrogens with zero attached hydrogens (tertiary/aromatic N) is 3. The number of benzene rings is 2. The topological polar surface area (TPSA) is 59.2 Å². The van der Waals surface area contributed by atoms with Crippen molar-refractivity contribution >= 4 is 35.0 Å². The number of thioether (sulfide) groups is 1. The summed E-state index contributed by atoms with van der Waals surface area (Å²) in [6.45, 7) is 0.752. The number of aryl methyl sites for hydroxylation is 1. The molecule has 0 spiro atoms. The summed E-state index contributed by atoms with van der Waals surface area (Å²) in [6, 6.07) is 15.3. The Balaban J connectivity index is 1.34. The maximum Gasteiger partial charge on any atom is 0.227 e. The Morgan fingerprint density at radius 1 is 1.19 bits per heavy atom. The zero-order valence-electron chi connectivity index (χ0n) is 14.6. The first-order valence-corrected chi connectivity index (χ1v) is 10.2. The Labute approximate surface area is 166 Å². The molecule has 0 bridgehead atoms. The lowest BCUT2D eigenvalue weighted by Gasteiger charge is -2.29. The minimum atomic E-state index is 0.139. The van der Waals surface area contributed by atoms with E-state index in [1.54, 1.807) is 23.9 Å². The second-order valence-corrected chi connectivity index (χ2v) is 7.81. The lowest BCUT2D eigenvalue weighted by molar-refractivity contribution is -0.118. The standard InChI is InChI=1S/C20H18ClN3O2S/c21-15-10-8-14(9-11-15)20-22-18(26-23-20)6-3-7-19(25)24-12-13-27-17-5-2-1-4-16(17)24/h1-2,4-5,8-11H,3,6-7,12-13H2. The van der Waals surface area contributed by atoms with Crippen LogP contribution in [0.15, 0.2) is 57.9 Å². The van der Waals surface area contributed by atoms with Gasteiger partial charge in [-0.3, -0.25) is 4.79 Å². The highest BCUT2D eigenvalue weighted by atomic mass is 35.5. The van der Waals surface area contributed by atoms with Crippen LogP contribution in [0.4, 0.5) is 5.69 Å². The van der Waals surface area contributed by atoms with Crippen molar-refractivity contribution in [2.75, 3.05) is 17.2 Å². The summed E-state index contributed by atoms with van der Waals surface area (Å²) < 4.78 is 5.31. The van der Waals surface area contributed by atoms with E-state index >= 15 is 0 Å². The summed E-state index contributed by atoms with van der Waals surface area (Å²) in [5, 5.41) is 4.67. The minimum Gasteiger partial charge on any atom is -0.339 e. The molecule has 138 valence electrons. The van der Waals surface area contributed by atoms with Crippen molar-refractivity contribution in [3.63, 3.8) is 0 Å². The molecule has 3 aromatic rings. The van der Waals surface area contributed by atoms with E-state index < -0.39 is 0 Å². The van der Waals surface area contributed by atoms with E-state index in [0.29, 0.717) is 36.0 Å². The Kier molecular flexibility index (Phi) is 5.45. The zero-order valence-corrected chi connectivity index (χ0v) is 16.2. The third kappa shape index (κ3) is 4.17. The molecule has 0 atom stereocenters. The van der Waals surface area contributed by atoms with Gasteiger partial charge < -0.3 is 9.42 Å². The van der Waals surface area contributed by atoms with E-state index in [4.69, 9.17) is 16.1 Å². The number of aromatic nitrogens is 2. The van der Waals surface area contributed by atoms with Crippen molar-refractivity contribution in [2.24, 2.45) is 0 Å². The van der Waals surface area contributed by atoms with Gasteiger partial charge in [0.1, 0.15) is 0 Å². The normalized spacial score (nSPS) is 13.4. The zero-order chi connectivity index (χ0) is 18.6. The van der Waals surface area contributed by atoms with Crippen LogP contribution in [0.1, 0.15) is 18.7 Å². The number of para-hydroxylation sites is 1. The van der Waals surface area contributed by atoms with Gasteiger partial charge in [-0.15, -0.1) is 11.8 Å².